The van der Waals surface area contributed by atoms with Crippen molar-refractivity contribution in [2.24, 2.45) is 11.7 Å². The molecule has 1 fully saturated rings. The average Bonchev–Trinajstić information content (AvgIpc) is 2.40. The van der Waals surface area contributed by atoms with Gasteiger partial charge < -0.3 is 11.1 Å². The summed E-state index contributed by atoms with van der Waals surface area (Å²) in [6.45, 7) is 1.67. The van der Waals surface area contributed by atoms with E-state index in [0.29, 0.717) is 17.7 Å². The SMILES string of the molecule is Cc1ccc(NC(=O)C2CCCC(N)C2)cc1[N+](=O)[O-].Cl. The van der Waals surface area contributed by atoms with Crippen LogP contribution >= 0.6 is 12.4 Å². The highest BCUT2D eigenvalue weighted by molar-refractivity contribution is 5.93. The van der Waals surface area contributed by atoms with Crippen molar-refractivity contribution in [3.8, 4) is 0 Å². The summed E-state index contributed by atoms with van der Waals surface area (Å²) in [5.74, 6) is -0.197. The summed E-state index contributed by atoms with van der Waals surface area (Å²) in [7, 11) is 0. The molecule has 0 saturated heterocycles. The second-order valence-corrected chi connectivity index (χ2v) is 5.37. The average molecular weight is 314 g/mol. The molecule has 0 radical (unpaired) electrons. The van der Waals surface area contributed by atoms with Crippen LogP contribution in [0, 0.1) is 23.0 Å². The molecule has 0 spiro atoms. The molecule has 0 heterocycles. The number of anilines is 1. The van der Waals surface area contributed by atoms with E-state index in [1.807, 2.05) is 0 Å². The largest absolute Gasteiger partial charge is 0.328 e. The number of nitrogens with one attached hydrogen (secondary N) is 1. The Hall–Kier alpha value is -1.66. The van der Waals surface area contributed by atoms with Crippen molar-refractivity contribution in [3.63, 3.8) is 0 Å². The Balaban J connectivity index is 0.00000220. The zero-order valence-electron chi connectivity index (χ0n) is 11.9. The lowest BCUT2D eigenvalue weighted by Gasteiger charge is -2.25. The van der Waals surface area contributed by atoms with E-state index in [-0.39, 0.29) is 36.0 Å². The lowest BCUT2D eigenvalue weighted by Crippen LogP contribution is -2.34. The minimum atomic E-state index is -0.443. The minimum Gasteiger partial charge on any atom is -0.328 e. The Labute approximate surface area is 129 Å². The highest BCUT2D eigenvalue weighted by Gasteiger charge is 2.25. The van der Waals surface area contributed by atoms with Crippen molar-refractivity contribution in [3.05, 3.63) is 33.9 Å². The molecule has 1 amide bonds. The molecule has 1 saturated carbocycles. The van der Waals surface area contributed by atoms with Crippen LogP contribution in [0.3, 0.4) is 0 Å². The number of hydrogen-bond acceptors (Lipinski definition) is 4. The highest BCUT2D eigenvalue weighted by atomic mass is 35.5. The quantitative estimate of drug-likeness (QED) is 0.662. The van der Waals surface area contributed by atoms with Gasteiger partial charge in [0.25, 0.3) is 5.69 Å². The van der Waals surface area contributed by atoms with Crippen LogP contribution < -0.4 is 11.1 Å². The first-order valence-corrected chi connectivity index (χ1v) is 6.79. The molecule has 3 N–H and O–H groups in total. The summed E-state index contributed by atoms with van der Waals surface area (Å²) in [6, 6.07) is 4.80. The van der Waals surface area contributed by atoms with Gasteiger partial charge in [-0.15, -0.1) is 12.4 Å². The van der Waals surface area contributed by atoms with Crippen LogP contribution in [0.5, 0.6) is 0 Å². The Morgan fingerprint density at radius 2 is 2.14 bits per heavy atom. The number of aryl methyl sites for hydroxylation is 1. The van der Waals surface area contributed by atoms with Crippen molar-refractivity contribution < 1.29 is 9.72 Å². The predicted molar refractivity (Wildman–Crippen MR) is 83.6 cm³/mol. The molecule has 21 heavy (non-hydrogen) atoms. The van der Waals surface area contributed by atoms with E-state index in [4.69, 9.17) is 5.73 Å². The van der Waals surface area contributed by atoms with Gasteiger partial charge in [-0.2, -0.15) is 0 Å². The van der Waals surface area contributed by atoms with E-state index in [2.05, 4.69) is 5.32 Å². The van der Waals surface area contributed by atoms with Crippen molar-refractivity contribution >= 4 is 29.7 Å². The van der Waals surface area contributed by atoms with Gasteiger partial charge in [0.1, 0.15) is 0 Å². The van der Waals surface area contributed by atoms with Crippen LogP contribution in [-0.2, 0) is 4.79 Å². The molecule has 2 atom stereocenters. The number of carbonyl (C=O) groups is 1. The number of nitrogens with zero attached hydrogens (tertiary/aromatic N) is 1. The molecule has 0 aromatic heterocycles. The Morgan fingerprint density at radius 3 is 2.76 bits per heavy atom. The standard InChI is InChI=1S/C14H19N3O3.ClH/c1-9-5-6-12(8-13(9)17(19)20)16-14(18)10-3-2-4-11(15)7-10;/h5-6,8,10-11H,2-4,7,15H2,1H3,(H,16,18);1H. The number of amides is 1. The molecule has 0 bridgehead atoms. The third kappa shape index (κ3) is 4.41. The summed E-state index contributed by atoms with van der Waals surface area (Å²) >= 11 is 0. The summed E-state index contributed by atoms with van der Waals surface area (Å²) in [5, 5.41) is 13.6. The fourth-order valence-corrected chi connectivity index (χ4v) is 2.59. The number of nitro benzene ring substituents is 1. The van der Waals surface area contributed by atoms with E-state index in [0.717, 1.165) is 19.3 Å². The van der Waals surface area contributed by atoms with Gasteiger partial charge in [-0.05, 0) is 32.3 Å². The number of benzene rings is 1. The van der Waals surface area contributed by atoms with Gasteiger partial charge in [0.2, 0.25) is 5.91 Å². The minimum absolute atomic E-state index is 0. The maximum atomic E-state index is 12.1. The third-order valence-corrected chi connectivity index (χ3v) is 3.76. The summed E-state index contributed by atoms with van der Waals surface area (Å²) in [5.41, 5.74) is 6.93. The molecule has 6 nitrogen and oxygen atoms in total. The number of carbonyl (C=O) groups excluding carboxylic acids is 1. The second kappa shape index (κ2) is 7.38. The van der Waals surface area contributed by atoms with Gasteiger partial charge >= 0.3 is 0 Å². The first-order chi connectivity index (χ1) is 9.47. The van der Waals surface area contributed by atoms with Gasteiger partial charge in [0, 0.05) is 29.3 Å². The van der Waals surface area contributed by atoms with Crippen molar-refractivity contribution in [1.29, 1.82) is 0 Å². The maximum Gasteiger partial charge on any atom is 0.274 e. The third-order valence-electron chi connectivity index (χ3n) is 3.76. The second-order valence-electron chi connectivity index (χ2n) is 5.37. The van der Waals surface area contributed by atoms with Crippen LogP contribution in [0.4, 0.5) is 11.4 Å². The molecular weight excluding hydrogens is 294 g/mol. The summed E-state index contributed by atoms with van der Waals surface area (Å²) in [6.07, 6.45) is 3.42. The summed E-state index contributed by atoms with van der Waals surface area (Å²) in [4.78, 5) is 22.6. The Bertz CT molecular complexity index is 536. The molecule has 0 aliphatic heterocycles. The Morgan fingerprint density at radius 1 is 1.43 bits per heavy atom. The summed E-state index contributed by atoms with van der Waals surface area (Å²) < 4.78 is 0. The van der Waals surface area contributed by atoms with Gasteiger partial charge in [-0.3, -0.25) is 14.9 Å². The molecular formula is C14H20ClN3O3. The molecule has 1 aliphatic rings. The smallest absolute Gasteiger partial charge is 0.274 e. The topological polar surface area (TPSA) is 98.3 Å². The first-order valence-electron chi connectivity index (χ1n) is 6.79. The van der Waals surface area contributed by atoms with Crippen molar-refractivity contribution in [1.82, 2.24) is 0 Å². The van der Waals surface area contributed by atoms with Gasteiger partial charge in [0.15, 0.2) is 0 Å². The number of rotatable bonds is 3. The van der Waals surface area contributed by atoms with E-state index in [1.165, 1.54) is 6.07 Å². The lowest BCUT2D eigenvalue weighted by atomic mass is 9.85. The molecule has 116 valence electrons. The van der Waals surface area contributed by atoms with Gasteiger partial charge in [0.05, 0.1) is 4.92 Å². The zero-order chi connectivity index (χ0) is 14.7. The number of nitrogens with two attached hydrogens (primary N) is 1. The maximum absolute atomic E-state index is 12.1. The number of hydrogen-bond donors (Lipinski definition) is 2. The Kier molecular flexibility index (Phi) is 6.11. The molecule has 1 aromatic carbocycles. The fraction of sp³-hybridized carbons (Fsp3) is 0.500. The normalized spacial score (nSPS) is 21.2. The van der Waals surface area contributed by atoms with Crippen molar-refractivity contribution in [2.75, 3.05) is 5.32 Å². The highest BCUT2D eigenvalue weighted by Crippen LogP contribution is 2.26. The van der Waals surface area contributed by atoms with E-state index in [9.17, 15) is 14.9 Å². The molecule has 2 unspecified atom stereocenters. The van der Waals surface area contributed by atoms with E-state index < -0.39 is 4.92 Å². The fourth-order valence-electron chi connectivity index (χ4n) is 2.59. The molecule has 1 aromatic rings. The van der Waals surface area contributed by atoms with Gasteiger partial charge in [-0.25, -0.2) is 0 Å². The van der Waals surface area contributed by atoms with Crippen LogP contribution in [0.2, 0.25) is 0 Å². The number of halogens is 1. The molecule has 1 aliphatic carbocycles. The molecule has 2 rings (SSSR count). The van der Waals surface area contributed by atoms with E-state index >= 15 is 0 Å². The first kappa shape index (κ1) is 17.4. The monoisotopic (exact) mass is 313 g/mol. The van der Waals surface area contributed by atoms with Crippen LogP contribution in [0.1, 0.15) is 31.2 Å². The predicted octanol–water partition coefficient (Wildman–Crippen LogP) is 2.78. The van der Waals surface area contributed by atoms with Gasteiger partial charge in [-0.1, -0.05) is 12.5 Å². The zero-order valence-corrected chi connectivity index (χ0v) is 12.7. The number of nitro groups is 1. The van der Waals surface area contributed by atoms with Crippen LogP contribution in [-0.4, -0.2) is 16.9 Å². The van der Waals surface area contributed by atoms with Crippen LogP contribution in [0.25, 0.3) is 0 Å². The lowest BCUT2D eigenvalue weighted by molar-refractivity contribution is -0.385. The molecule has 7 heteroatoms. The van der Waals surface area contributed by atoms with Crippen LogP contribution in [0.15, 0.2) is 18.2 Å². The van der Waals surface area contributed by atoms with E-state index in [1.54, 1.807) is 19.1 Å². The van der Waals surface area contributed by atoms with Crippen molar-refractivity contribution in [2.45, 2.75) is 38.6 Å².